The van der Waals surface area contributed by atoms with Gasteiger partial charge in [-0.25, -0.2) is 19.2 Å². The number of nitrogens with zero attached hydrogens (tertiary/aromatic N) is 4. The molecule has 39 heavy (non-hydrogen) atoms. The Morgan fingerprint density at radius 2 is 1.00 bits per heavy atom. The van der Waals surface area contributed by atoms with Gasteiger partial charge in [-0.2, -0.15) is 20.0 Å². The van der Waals surface area contributed by atoms with Gasteiger partial charge in [0.1, 0.15) is 22.7 Å². The smallest absolute Gasteiger partial charge is 0.211 e. The van der Waals surface area contributed by atoms with Gasteiger partial charge >= 0.3 is 0 Å². The van der Waals surface area contributed by atoms with E-state index in [0.717, 1.165) is 45.4 Å². The molecular weight excluding hydrogens is 492 g/mol. The lowest BCUT2D eigenvalue weighted by Crippen LogP contribution is -2.02. The minimum Gasteiger partial charge on any atom is -0.211 e. The van der Waals surface area contributed by atoms with Crippen molar-refractivity contribution in [2.75, 3.05) is 0 Å². The molecule has 4 aromatic carbocycles. The van der Waals surface area contributed by atoms with Crippen LogP contribution >= 0.6 is 0 Å². The zero-order chi connectivity index (χ0) is 26.9. The van der Waals surface area contributed by atoms with Gasteiger partial charge in [0.15, 0.2) is 0 Å². The summed E-state index contributed by atoms with van der Waals surface area (Å²) in [5.41, 5.74) is 8.08. The van der Waals surface area contributed by atoms with Gasteiger partial charge in [-0.15, -0.1) is 0 Å². The standard InChI is InChI=1S/C31H16N4O4/c36-14-32-25-13-12-23-20-8-2-1-6-18(20)19-7-3-4-9-21(19)26-22-10-5-11-24(22)29(33-15-37)31(35-17-39)28(26)27(23)30(25)34-16-38/h1-4,6-9,12-13H,5,10-11H2. The molecule has 0 N–H and O–H groups in total. The van der Waals surface area contributed by atoms with E-state index in [4.69, 9.17) is 0 Å². The minimum atomic E-state index is 0.0580. The van der Waals surface area contributed by atoms with E-state index in [9.17, 15) is 19.2 Å². The maximum absolute atomic E-state index is 11.8. The Hall–Kier alpha value is -5.60. The Morgan fingerprint density at radius 1 is 0.462 bits per heavy atom. The van der Waals surface area contributed by atoms with Gasteiger partial charge in [0.25, 0.3) is 0 Å². The van der Waals surface area contributed by atoms with Crippen LogP contribution in [-0.4, -0.2) is 24.3 Å². The molecule has 8 heteroatoms. The van der Waals surface area contributed by atoms with Crippen molar-refractivity contribution < 1.29 is 19.2 Å². The Labute approximate surface area is 221 Å². The van der Waals surface area contributed by atoms with Crippen LogP contribution in [0.3, 0.4) is 0 Å². The lowest BCUT2D eigenvalue weighted by molar-refractivity contribution is 0.564. The maximum atomic E-state index is 11.8. The number of hydrogen-bond acceptors (Lipinski definition) is 8. The number of hydrogen-bond donors (Lipinski definition) is 0. The van der Waals surface area contributed by atoms with Crippen LogP contribution in [0.25, 0.3) is 44.5 Å². The van der Waals surface area contributed by atoms with E-state index in [2.05, 4.69) is 20.0 Å². The minimum absolute atomic E-state index is 0.0580. The van der Waals surface area contributed by atoms with Gasteiger partial charge in [-0.05, 0) is 69.8 Å². The second-order valence-electron chi connectivity index (χ2n) is 9.02. The highest BCUT2D eigenvalue weighted by Crippen LogP contribution is 2.59. The fourth-order valence-electron chi connectivity index (χ4n) is 5.92. The molecule has 0 fully saturated rings. The molecule has 4 aromatic rings. The number of benzene rings is 4. The summed E-state index contributed by atoms with van der Waals surface area (Å²) < 4.78 is 0. The highest BCUT2D eigenvalue weighted by atomic mass is 16.1. The summed E-state index contributed by atoms with van der Waals surface area (Å²) in [5, 5.41) is 0. The molecule has 2 aliphatic rings. The zero-order valence-electron chi connectivity index (χ0n) is 20.3. The molecular formula is C31H16N4O4. The van der Waals surface area contributed by atoms with Crippen molar-refractivity contribution in [2.45, 2.75) is 19.3 Å². The molecule has 0 radical (unpaired) electrons. The van der Waals surface area contributed by atoms with Crippen LogP contribution in [0, 0.1) is 0 Å². The molecule has 184 valence electrons. The van der Waals surface area contributed by atoms with Crippen LogP contribution < -0.4 is 0 Å². The summed E-state index contributed by atoms with van der Waals surface area (Å²) in [5.74, 6) is 0. The molecule has 0 saturated carbocycles. The van der Waals surface area contributed by atoms with E-state index in [0.29, 0.717) is 29.5 Å². The monoisotopic (exact) mass is 508 g/mol. The summed E-state index contributed by atoms with van der Waals surface area (Å²) >= 11 is 0. The Morgan fingerprint density at radius 3 is 1.67 bits per heavy atom. The molecule has 0 saturated heterocycles. The molecule has 0 unspecified atom stereocenters. The molecule has 2 aliphatic carbocycles. The maximum Gasteiger partial charge on any atom is 0.240 e. The Kier molecular flexibility index (Phi) is 5.91. The summed E-state index contributed by atoms with van der Waals surface area (Å²) in [7, 11) is 0. The first-order chi connectivity index (χ1) is 19.2. The number of rotatable bonds is 4. The fourth-order valence-corrected chi connectivity index (χ4v) is 5.92. The van der Waals surface area contributed by atoms with Gasteiger partial charge in [0.05, 0.1) is 0 Å². The first kappa shape index (κ1) is 23.8. The molecule has 0 spiro atoms. The van der Waals surface area contributed by atoms with Crippen LogP contribution in [0.2, 0.25) is 0 Å². The number of carbonyl (C=O) groups excluding carboxylic acids is 4. The second-order valence-corrected chi connectivity index (χ2v) is 9.02. The highest BCUT2D eigenvalue weighted by molar-refractivity contribution is 6.13. The van der Waals surface area contributed by atoms with Crippen LogP contribution in [0.4, 0.5) is 22.7 Å². The quantitative estimate of drug-likeness (QED) is 0.191. The third-order valence-corrected chi connectivity index (χ3v) is 7.27. The highest BCUT2D eigenvalue weighted by Gasteiger charge is 2.34. The van der Waals surface area contributed by atoms with Gasteiger partial charge in [-0.1, -0.05) is 54.6 Å². The first-order valence-corrected chi connectivity index (χ1v) is 12.1. The predicted octanol–water partition coefficient (Wildman–Crippen LogP) is 7.03. The lowest BCUT2D eigenvalue weighted by atomic mass is 9.77. The average Bonchev–Trinajstić information content (AvgIpc) is 3.44. The van der Waals surface area contributed by atoms with Gasteiger partial charge in [0.2, 0.25) is 24.3 Å². The van der Waals surface area contributed by atoms with Crippen molar-refractivity contribution in [3.63, 3.8) is 0 Å². The van der Waals surface area contributed by atoms with Crippen molar-refractivity contribution in [2.24, 2.45) is 20.0 Å². The molecule has 6 rings (SSSR count). The molecule has 0 heterocycles. The Bertz CT molecular complexity index is 1920. The average molecular weight is 508 g/mol. The molecule has 0 amide bonds. The lowest BCUT2D eigenvalue weighted by Gasteiger charge is -2.27. The summed E-state index contributed by atoms with van der Waals surface area (Å²) in [6, 6.07) is 19.0. The number of fused-ring (bicyclic) bond motifs is 10. The second kappa shape index (κ2) is 9.70. The predicted molar refractivity (Wildman–Crippen MR) is 145 cm³/mol. The van der Waals surface area contributed by atoms with E-state index in [1.165, 1.54) is 6.08 Å². The zero-order valence-corrected chi connectivity index (χ0v) is 20.3. The van der Waals surface area contributed by atoms with Crippen LogP contribution in [0.1, 0.15) is 17.5 Å². The van der Waals surface area contributed by atoms with Crippen LogP contribution in [0.15, 0.2) is 80.6 Å². The molecule has 0 aliphatic heterocycles. The van der Waals surface area contributed by atoms with Crippen LogP contribution in [-0.2, 0) is 32.0 Å². The first-order valence-electron chi connectivity index (χ1n) is 12.1. The summed E-state index contributed by atoms with van der Waals surface area (Å²) in [4.78, 5) is 62.3. The topological polar surface area (TPSA) is 118 Å². The SMILES string of the molecule is O=C=Nc1ccc2c(c1N=C=O)-c1c(N=C=O)c(N=C=O)c3c(c1-c1ccccc1-c1ccccc1-2)CCC3. The van der Waals surface area contributed by atoms with Crippen LogP contribution in [0.5, 0.6) is 0 Å². The van der Waals surface area contributed by atoms with E-state index < -0.39 is 0 Å². The number of aliphatic imine (C=N–C) groups is 4. The van der Waals surface area contributed by atoms with E-state index >= 15 is 0 Å². The van der Waals surface area contributed by atoms with Gasteiger partial charge in [0, 0.05) is 11.1 Å². The third-order valence-electron chi connectivity index (χ3n) is 7.27. The van der Waals surface area contributed by atoms with Crippen molar-refractivity contribution in [3.8, 4) is 44.5 Å². The Balaban J connectivity index is 1.99. The van der Waals surface area contributed by atoms with Crippen molar-refractivity contribution in [1.82, 2.24) is 0 Å². The fraction of sp³-hybridized carbons (Fsp3) is 0.0968. The molecule has 0 aromatic heterocycles. The van der Waals surface area contributed by atoms with E-state index in [1.807, 2.05) is 48.5 Å². The van der Waals surface area contributed by atoms with E-state index in [1.54, 1.807) is 30.4 Å². The number of isocyanates is 4. The summed E-state index contributed by atoms with van der Waals surface area (Å²) in [6.07, 6.45) is 8.44. The summed E-state index contributed by atoms with van der Waals surface area (Å²) in [6.45, 7) is 0. The van der Waals surface area contributed by atoms with Crippen molar-refractivity contribution in [1.29, 1.82) is 0 Å². The van der Waals surface area contributed by atoms with E-state index in [-0.39, 0.29) is 22.7 Å². The van der Waals surface area contributed by atoms with Gasteiger partial charge < -0.3 is 0 Å². The molecule has 0 bridgehead atoms. The molecule has 8 nitrogen and oxygen atoms in total. The molecule has 0 atom stereocenters. The third kappa shape index (κ3) is 3.58. The normalized spacial score (nSPS) is 11.8. The van der Waals surface area contributed by atoms with Crippen molar-refractivity contribution >= 4 is 47.1 Å². The van der Waals surface area contributed by atoms with Crippen molar-refractivity contribution in [3.05, 3.63) is 71.8 Å². The van der Waals surface area contributed by atoms with Gasteiger partial charge in [-0.3, -0.25) is 0 Å². The largest absolute Gasteiger partial charge is 0.240 e.